The van der Waals surface area contributed by atoms with Crippen LogP contribution in [-0.4, -0.2) is 42.1 Å². The first-order valence-corrected chi connectivity index (χ1v) is 7.91. The molecule has 9 heteroatoms. The summed E-state index contributed by atoms with van der Waals surface area (Å²) in [6, 6.07) is 7.96. The largest absolute Gasteiger partial charge is 0.433 e. The van der Waals surface area contributed by atoms with Crippen LogP contribution >= 0.6 is 15.9 Å². The Balaban J connectivity index is 2.25. The van der Waals surface area contributed by atoms with E-state index < -0.39 is 11.9 Å². The van der Waals surface area contributed by atoms with Gasteiger partial charge in [-0.3, -0.25) is 0 Å². The normalized spacial score (nSPS) is 11.6. The predicted octanol–water partition coefficient (Wildman–Crippen LogP) is 3.98. The fourth-order valence-corrected chi connectivity index (χ4v) is 2.24. The zero-order chi connectivity index (χ0) is 17.7. The van der Waals surface area contributed by atoms with E-state index in [9.17, 15) is 13.2 Å². The lowest BCUT2D eigenvalue weighted by Crippen LogP contribution is -2.22. The number of hydrogen-bond donors (Lipinski definition) is 2. The van der Waals surface area contributed by atoms with Crippen LogP contribution in [0.25, 0.3) is 0 Å². The van der Waals surface area contributed by atoms with Crippen LogP contribution in [0, 0.1) is 0 Å². The van der Waals surface area contributed by atoms with Gasteiger partial charge in [0.05, 0.1) is 0 Å². The van der Waals surface area contributed by atoms with Crippen molar-refractivity contribution in [3.63, 3.8) is 0 Å². The zero-order valence-corrected chi connectivity index (χ0v) is 14.7. The summed E-state index contributed by atoms with van der Waals surface area (Å²) in [5.74, 6) is 0.00644. The fourth-order valence-electron chi connectivity index (χ4n) is 1.84. The lowest BCUT2D eigenvalue weighted by molar-refractivity contribution is -0.141. The van der Waals surface area contributed by atoms with E-state index in [1.807, 2.05) is 25.1 Å². The Kier molecular flexibility index (Phi) is 6.00. The van der Waals surface area contributed by atoms with Crippen molar-refractivity contribution in [3.8, 4) is 0 Å². The number of halogens is 4. The molecule has 0 aliphatic rings. The summed E-state index contributed by atoms with van der Waals surface area (Å²) in [6.45, 7) is 1.08. The Labute approximate surface area is 146 Å². The molecule has 0 amide bonds. The second-order valence-electron chi connectivity index (χ2n) is 5.33. The lowest BCUT2D eigenvalue weighted by atomic mass is 10.3. The highest BCUT2D eigenvalue weighted by Gasteiger charge is 2.33. The van der Waals surface area contributed by atoms with E-state index in [1.54, 1.807) is 18.2 Å². The molecule has 0 spiro atoms. The molecule has 0 radical (unpaired) electrons. The summed E-state index contributed by atoms with van der Waals surface area (Å²) in [4.78, 5) is 9.55. The Hall–Kier alpha value is -1.87. The highest BCUT2D eigenvalue weighted by Crippen LogP contribution is 2.30. The van der Waals surface area contributed by atoms with Crippen molar-refractivity contribution in [2.45, 2.75) is 6.18 Å². The first kappa shape index (κ1) is 18.5. The molecule has 2 N–H and O–H groups in total. The number of benzene rings is 1. The fraction of sp³-hybridized carbons (Fsp3) is 0.333. The maximum Gasteiger partial charge on any atom is 0.433 e. The maximum atomic E-state index is 13.0. The molecule has 5 nitrogen and oxygen atoms in total. The maximum absolute atomic E-state index is 13.0. The third kappa shape index (κ3) is 5.64. The average molecular weight is 404 g/mol. The van der Waals surface area contributed by atoms with Crippen molar-refractivity contribution in [2.75, 3.05) is 37.8 Å². The van der Waals surface area contributed by atoms with Crippen LogP contribution in [0.5, 0.6) is 0 Å². The van der Waals surface area contributed by atoms with Crippen molar-refractivity contribution in [2.24, 2.45) is 0 Å². The summed E-state index contributed by atoms with van der Waals surface area (Å²) in [7, 11) is 3.74. The molecular formula is C15H17BrF3N5. The Morgan fingerprint density at radius 3 is 2.54 bits per heavy atom. The third-order valence-electron chi connectivity index (χ3n) is 2.96. The number of anilines is 3. The number of likely N-dealkylation sites (N-methyl/N-ethyl adjacent to an activating group) is 1. The molecule has 2 rings (SSSR count). The minimum atomic E-state index is -4.55. The highest BCUT2D eigenvalue weighted by molar-refractivity contribution is 9.10. The van der Waals surface area contributed by atoms with Crippen molar-refractivity contribution in [1.82, 2.24) is 14.9 Å². The van der Waals surface area contributed by atoms with Gasteiger partial charge in [0, 0.05) is 29.3 Å². The molecule has 0 unspecified atom stereocenters. The molecule has 0 bridgehead atoms. The van der Waals surface area contributed by atoms with Gasteiger partial charge in [0.2, 0.25) is 5.95 Å². The van der Waals surface area contributed by atoms with Crippen LogP contribution in [0.3, 0.4) is 0 Å². The minimum absolute atomic E-state index is 0.0656. The van der Waals surface area contributed by atoms with E-state index in [-0.39, 0.29) is 11.8 Å². The van der Waals surface area contributed by atoms with Crippen LogP contribution in [0.15, 0.2) is 34.8 Å². The summed E-state index contributed by atoms with van der Waals surface area (Å²) in [6.07, 6.45) is -4.55. The van der Waals surface area contributed by atoms with E-state index in [2.05, 4.69) is 36.5 Å². The molecule has 0 aliphatic carbocycles. The summed E-state index contributed by atoms with van der Waals surface area (Å²) in [5.41, 5.74) is -0.377. The van der Waals surface area contributed by atoms with Crippen molar-refractivity contribution in [1.29, 1.82) is 0 Å². The summed E-state index contributed by atoms with van der Waals surface area (Å²) in [5, 5.41) is 5.68. The van der Waals surface area contributed by atoms with Gasteiger partial charge in [0.1, 0.15) is 5.82 Å². The monoisotopic (exact) mass is 403 g/mol. The van der Waals surface area contributed by atoms with E-state index in [1.165, 1.54) is 0 Å². The van der Waals surface area contributed by atoms with E-state index >= 15 is 0 Å². The van der Waals surface area contributed by atoms with Crippen LogP contribution in [-0.2, 0) is 6.18 Å². The van der Waals surface area contributed by atoms with Crippen molar-refractivity contribution >= 4 is 33.4 Å². The molecule has 1 heterocycles. The number of hydrogen-bond acceptors (Lipinski definition) is 5. The summed E-state index contributed by atoms with van der Waals surface area (Å²) < 4.78 is 39.9. The van der Waals surface area contributed by atoms with Crippen molar-refractivity contribution < 1.29 is 13.2 Å². The SMILES string of the molecule is CN(C)CCNc1nc(Nc2cccc(Br)c2)cc(C(F)(F)F)n1. The molecule has 0 saturated heterocycles. The lowest BCUT2D eigenvalue weighted by Gasteiger charge is -2.14. The van der Waals surface area contributed by atoms with Gasteiger partial charge in [-0.05, 0) is 32.3 Å². The van der Waals surface area contributed by atoms with Crippen molar-refractivity contribution in [3.05, 3.63) is 40.5 Å². The van der Waals surface area contributed by atoms with E-state index in [0.29, 0.717) is 18.8 Å². The first-order chi connectivity index (χ1) is 11.2. The molecule has 0 fully saturated rings. The number of rotatable bonds is 6. The topological polar surface area (TPSA) is 53.1 Å². The molecule has 0 aliphatic heterocycles. The zero-order valence-electron chi connectivity index (χ0n) is 13.2. The van der Waals surface area contributed by atoms with Crippen LogP contribution in [0.1, 0.15) is 5.69 Å². The van der Waals surface area contributed by atoms with Gasteiger partial charge in [0.15, 0.2) is 5.69 Å². The van der Waals surface area contributed by atoms with Gasteiger partial charge in [0.25, 0.3) is 0 Å². The smallest absolute Gasteiger partial charge is 0.353 e. The highest BCUT2D eigenvalue weighted by atomic mass is 79.9. The van der Waals surface area contributed by atoms with Gasteiger partial charge in [-0.25, -0.2) is 4.98 Å². The predicted molar refractivity (Wildman–Crippen MR) is 91.5 cm³/mol. The molecule has 0 atom stereocenters. The molecule has 24 heavy (non-hydrogen) atoms. The second-order valence-corrected chi connectivity index (χ2v) is 6.24. The third-order valence-corrected chi connectivity index (χ3v) is 3.45. The molecule has 0 saturated carbocycles. The van der Waals surface area contributed by atoms with Gasteiger partial charge >= 0.3 is 6.18 Å². The Morgan fingerprint density at radius 2 is 1.92 bits per heavy atom. The van der Waals surface area contributed by atoms with Gasteiger partial charge in [-0.1, -0.05) is 22.0 Å². The Morgan fingerprint density at radius 1 is 1.17 bits per heavy atom. The molecule has 1 aromatic carbocycles. The molecule has 130 valence electrons. The van der Waals surface area contributed by atoms with Crippen LogP contribution in [0.4, 0.5) is 30.6 Å². The van der Waals surface area contributed by atoms with Gasteiger partial charge < -0.3 is 15.5 Å². The number of aromatic nitrogens is 2. The van der Waals surface area contributed by atoms with Crippen LogP contribution < -0.4 is 10.6 Å². The minimum Gasteiger partial charge on any atom is -0.353 e. The quantitative estimate of drug-likeness (QED) is 0.763. The molecule has 2 aromatic rings. The molecular weight excluding hydrogens is 387 g/mol. The first-order valence-electron chi connectivity index (χ1n) is 7.11. The average Bonchev–Trinajstić information content (AvgIpc) is 2.45. The Bertz CT molecular complexity index is 691. The van der Waals surface area contributed by atoms with E-state index in [4.69, 9.17) is 0 Å². The number of nitrogens with zero attached hydrogens (tertiary/aromatic N) is 3. The number of nitrogens with one attached hydrogen (secondary N) is 2. The van der Waals surface area contributed by atoms with Gasteiger partial charge in [-0.15, -0.1) is 0 Å². The number of alkyl halides is 3. The summed E-state index contributed by atoms with van der Waals surface area (Å²) >= 11 is 3.31. The van der Waals surface area contributed by atoms with Crippen LogP contribution in [0.2, 0.25) is 0 Å². The standard InChI is InChI=1S/C15H17BrF3N5/c1-24(2)7-6-20-14-22-12(15(17,18)19)9-13(23-14)21-11-5-3-4-10(16)8-11/h3-5,8-9H,6-7H2,1-2H3,(H2,20,21,22,23). The second kappa shape index (κ2) is 7.80. The van der Waals surface area contributed by atoms with E-state index in [0.717, 1.165) is 10.5 Å². The van der Waals surface area contributed by atoms with Gasteiger partial charge in [-0.2, -0.15) is 18.2 Å². The molecule has 1 aromatic heterocycles.